The van der Waals surface area contributed by atoms with Crippen molar-refractivity contribution in [3.8, 4) is 5.75 Å². The Kier molecular flexibility index (Phi) is 5.52. The Balaban J connectivity index is 1.69. The fourth-order valence-electron chi connectivity index (χ4n) is 2.91. The number of ether oxygens (including phenoxy) is 1. The molecule has 0 unspecified atom stereocenters. The molecule has 0 radical (unpaired) electrons. The number of aromatic nitrogens is 3. The molecule has 1 aliphatic heterocycles. The monoisotopic (exact) mass is 384 g/mol. The van der Waals surface area contributed by atoms with Crippen LogP contribution in [0, 0.1) is 0 Å². The summed E-state index contributed by atoms with van der Waals surface area (Å²) < 4.78 is 44.4. The maximum atomic E-state index is 12.4. The fourth-order valence-corrected chi connectivity index (χ4v) is 2.91. The van der Waals surface area contributed by atoms with Gasteiger partial charge in [0.25, 0.3) is 0 Å². The zero-order valence-electron chi connectivity index (χ0n) is 14.5. The number of fused-ring (bicyclic) bond motifs is 1. The van der Waals surface area contributed by atoms with Gasteiger partial charge in [-0.2, -0.15) is 18.3 Å². The first kappa shape index (κ1) is 19.0. The minimum Gasteiger partial charge on any atom is -0.482 e. The number of carbonyl (C=O) groups excluding carboxylic acids is 1. The predicted molar refractivity (Wildman–Crippen MR) is 90.7 cm³/mol. The van der Waals surface area contributed by atoms with Gasteiger partial charge in [-0.3, -0.25) is 9.36 Å². The van der Waals surface area contributed by atoms with Crippen molar-refractivity contribution in [1.82, 2.24) is 14.3 Å². The average Bonchev–Trinajstić information content (AvgIpc) is 2.77. The first-order chi connectivity index (χ1) is 12.8. The van der Waals surface area contributed by atoms with E-state index in [9.17, 15) is 22.8 Å². The molecular formula is C17H19F3N4O3. The molecule has 2 aromatic rings. The molecule has 7 nitrogen and oxygen atoms in total. The van der Waals surface area contributed by atoms with E-state index in [-0.39, 0.29) is 23.7 Å². The largest absolute Gasteiger partial charge is 0.482 e. The second kappa shape index (κ2) is 7.85. The van der Waals surface area contributed by atoms with E-state index < -0.39 is 18.7 Å². The summed E-state index contributed by atoms with van der Waals surface area (Å²) in [5, 5.41) is 6.68. The Bertz CT molecular complexity index is 873. The molecule has 0 bridgehead atoms. The average molecular weight is 384 g/mol. The number of carbonyl (C=O) groups is 1. The number of anilines is 1. The fraction of sp³-hybridized carbons (Fsp3) is 0.471. The van der Waals surface area contributed by atoms with E-state index in [1.807, 2.05) is 0 Å². The number of rotatable bonds is 5. The van der Waals surface area contributed by atoms with Crippen molar-refractivity contribution < 1.29 is 22.7 Å². The van der Waals surface area contributed by atoms with Gasteiger partial charge in [0.2, 0.25) is 5.91 Å². The standard InChI is InChI=1S/C17H19F3N4O3/c18-17(19,20)11-27-13-7-4-3-6-12(13)21-15(25)10-24-16(26)23-9-5-1-2-8-14(23)22-24/h3-4,6-7H,1-2,5,8-11H2,(H,21,25). The van der Waals surface area contributed by atoms with Crippen LogP contribution in [0.4, 0.5) is 18.9 Å². The van der Waals surface area contributed by atoms with Crippen molar-refractivity contribution in [2.24, 2.45) is 0 Å². The molecule has 0 atom stereocenters. The summed E-state index contributed by atoms with van der Waals surface area (Å²) >= 11 is 0. The lowest BCUT2D eigenvalue weighted by atomic mass is 10.2. The summed E-state index contributed by atoms with van der Waals surface area (Å²) in [7, 11) is 0. The molecule has 0 aliphatic carbocycles. The van der Waals surface area contributed by atoms with Gasteiger partial charge >= 0.3 is 11.9 Å². The van der Waals surface area contributed by atoms with E-state index >= 15 is 0 Å². The van der Waals surface area contributed by atoms with Gasteiger partial charge in [0, 0.05) is 13.0 Å². The zero-order valence-corrected chi connectivity index (χ0v) is 14.5. The number of alkyl halides is 3. The van der Waals surface area contributed by atoms with E-state index in [0.29, 0.717) is 18.8 Å². The number of hydrogen-bond donors (Lipinski definition) is 1. The first-order valence-electron chi connectivity index (χ1n) is 8.58. The van der Waals surface area contributed by atoms with Crippen molar-refractivity contribution in [2.45, 2.75) is 44.9 Å². The lowest BCUT2D eigenvalue weighted by molar-refractivity contribution is -0.153. The summed E-state index contributed by atoms with van der Waals surface area (Å²) in [5.74, 6) is -0.0243. The third kappa shape index (κ3) is 4.89. The van der Waals surface area contributed by atoms with Crippen LogP contribution in [0.15, 0.2) is 29.1 Å². The second-order valence-corrected chi connectivity index (χ2v) is 6.27. The van der Waals surface area contributed by atoms with Crippen molar-refractivity contribution in [1.29, 1.82) is 0 Å². The summed E-state index contributed by atoms with van der Waals surface area (Å²) in [6.45, 7) is -1.22. The highest BCUT2D eigenvalue weighted by Gasteiger charge is 2.29. The smallest absolute Gasteiger partial charge is 0.422 e. The van der Waals surface area contributed by atoms with Crippen molar-refractivity contribution >= 4 is 11.6 Å². The Morgan fingerprint density at radius 1 is 1.22 bits per heavy atom. The highest BCUT2D eigenvalue weighted by Crippen LogP contribution is 2.26. The van der Waals surface area contributed by atoms with Gasteiger partial charge in [-0.15, -0.1) is 0 Å². The number of para-hydroxylation sites is 2. The molecule has 3 rings (SSSR count). The number of halogens is 3. The van der Waals surface area contributed by atoms with Gasteiger partial charge in [-0.05, 0) is 25.0 Å². The van der Waals surface area contributed by atoms with E-state index in [1.54, 1.807) is 10.6 Å². The number of aryl methyl sites for hydroxylation is 1. The van der Waals surface area contributed by atoms with E-state index in [4.69, 9.17) is 4.74 Å². The molecule has 1 aromatic carbocycles. The number of amides is 1. The molecule has 10 heteroatoms. The third-order valence-corrected chi connectivity index (χ3v) is 4.13. The van der Waals surface area contributed by atoms with Crippen LogP contribution in [0.5, 0.6) is 5.75 Å². The Morgan fingerprint density at radius 3 is 2.78 bits per heavy atom. The lowest BCUT2D eigenvalue weighted by Crippen LogP contribution is -2.30. The van der Waals surface area contributed by atoms with Crippen LogP contribution in [-0.4, -0.2) is 33.0 Å². The van der Waals surface area contributed by atoms with Crippen molar-refractivity contribution in [3.05, 3.63) is 40.6 Å². The topological polar surface area (TPSA) is 78.2 Å². The van der Waals surface area contributed by atoms with Gasteiger partial charge < -0.3 is 10.1 Å². The van der Waals surface area contributed by atoms with Crippen molar-refractivity contribution in [3.63, 3.8) is 0 Å². The molecule has 27 heavy (non-hydrogen) atoms. The lowest BCUT2D eigenvalue weighted by Gasteiger charge is -2.13. The Morgan fingerprint density at radius 2 is 2.00 bits per heavy atom. The molecule has 146 valence electrons. The summed E-state index contributed by atoms with van der Waals surface area (Å²) in [5.41, 5.74) is -0.260. The van der Waals surface area contributed by atoms with Crippen LogP contribution in [-0.2, 0) is 24.3 Å². The Hall–Kier alpha value is -2.78. The number of nitrogens with zero attached hydrogens (tertiary/aromatic N) is 3. The van der Waals surface area contributed by atoms with Crippen LogP contribution < -0.4 is 15.7 Å². The molecule has 0 fully saturated rings. The van der Waals surface area contributed by atoms with E-state index in [0.717, 1.165) is 23.9 Å². The number of nitrogens with one attached hydrogen (secondary N) is 1. The minimum absolute atomic E-state index is 0.0978. The zero-order chi connectivity index (χ0) is 19.4. The minimum atomic E-state index is -4.49. The van der Waals surface area contributed by atoms with Gasteiger partial charge in [-0.25, -0.2) is 9.48 Å². The molecule has 0 spiro atoms. The first-order valence-corrected chi connectivity index (χ1v) is 8.58. The Labute approximate surface area is 152 Å². The van der Waals surface area contributed by atoms with Crippen molar-refractivity contribution in [2.75, 3.05) is 11.9 Å². The second-order valence-electron chi connectivity index (χ2n) is 6.27. The van der Waals surface area contributed by atoms with Crippen LogP contribution in [0.25, 0.3) is 0 Å². The third-order valence-electron chi connectivity index (χ3n) is 4.13. The molecule has 0 saturated heterocycles. The predicted octanol–water partition coefficient (Wildman–Crippen LogP) is 2.35. The van der Waals surface area contributed by atoms with Gasteiger partial charge in [0.15, 0.2) is 6.61 Å². The quantitative estimate of drug-likeness (QED) is 0.859. The van der Waals surface area contributed by atoms with Crippen LogP contribution in [0.1, 0.15) is 25.1 Å². The molecular weight excluding hydrogens is 365 g/mol. The summed E-state index contributed by atoms with van der Waals surface area (Å²) in [4.78, 5) is 24.6. The SMILES string of the molecule is O=C(Cn1nc2n(c1=O)CCCCC2)Nc1ccccc1OCC(F)(F)F. The molecule has 1 amide bonds. The van der Waals surface area contributed by atoms with Crippen LogP contribution in [0.2, 0.25) is 0 Å². The van der Waals surface area contributed by atoms with E-state index in [2.05, 4.69) is 10.4 Å². The number of benzene rings is 1. The normalized spacial score (nSPS) is 14.3. The summed E-state index contributed by atoms with van der Waals surface area (Å²) in [6, 6.07) is 5.81. The van der Waals surface area contributed by atoms with Gasteiger partial charge in [0.05, 0.1) is 5.69 Å². The molecule has 1 aliphatic rings. The highest BCUT2D eigenvalue weighted by molar-refractivity contribution is 5.92. The molecule has 1 N–H and O–H groups in total. The maximum Gasteiger partial charge on any atom is 0.422 e. The highest BCUT2D eigenvalue weighted by atomic mass is 19.4. The molecule has 0 saturated carbocycles. The van der Waals surface area contributed by atoms with E-state index in [1.165, 1.54) is 18.2 Å². The summed E-state index contributed by atoms with van der Waals surface area (Å²) in [6.07, 6.45) is -0.962. The number of hydrogen-bond acceptors (Lipinski definition) is 4. The van der Waals surface area contributed by atoms with Crippen LogP contribution >= 0.6 is 0 Å². The van der Waals surface area contributed by atoms with Gasteiger partial charge in [0.1, 0.15) is 18.1 Å². The van der Waals surface area contributed by atoms with Crippen LogP contribution in [0.3, 0.4) is 0 Å². The molecule has 1 aromatic heterocycles. The maximum absolute atomic E-state index is 12.4. The van der Waals surface area contributed by atoms with Gasteiger partial charge in [-0.1, -0.05) is 18.6 Å². The molecule has 2 heterocycles.